The van der Waals surface area contributed by atoms with Crippen LogP contribution < -0.4 is 5.32 Å². The molecule has 1 atom stereocenters. The molecule has 1 saturated heterocycles. The molecule has 1 heterocycles. The van der Waals surface area contributed by atoms with Gasteiger partial charge in [0.1, 0.15) is 0 Å². The highest BCUT2D eigenvalue weighted by atomic mass is 32.2. The van der Waals surface area contributed by atoms with Gasteiger partial charge >= 0.3 is 0 Å². The summed E-state index contributed by atoms with van der Waals surface area (Å²) in [6, 6.07) is 6.14. The summed E-state index contributed by atoms with van der Waals surface area (Å²) in [6.45, 7) is 4.41. The Morgan fingerprint density at radius 1 is 1.47 bits per heavy atom. The number of amides is 1. The number of aryl methyl sites for hydroxylation is 2. The lowest BCUT2D eigenvalue weighted by molar-refractivity contribution is -0.121. The number of carbonyl (C=O) groups is 1. The average Bonchev–Trinajstić information content (AvgIpc) is 2.79. The predicted octanol–water partition coefficient (Wildman–Crippen LogP) is 1.83. The van der Waals surface area contributed by atoms with Gasteiger partial charge in [0.15, 0.2) is 0 Å². The number of carbonyl (C=O) groups excluding carboxylic acids is 1. The number of hydrogen-bond donors (Lipinski definition) is 2. The number of thioether (sulfide) groups is 1. The average molecular weight is 279 g/mol. The lowest BCUT2D eigenvalue weighted by Crippen LogP contribution is -2.43. The van der Waals surface area contributed by atoms with E-state index in [1.807, 2.05) is 19.9 Å². The van der Waals surface area contributed by atoms with E-state index in [2.05, 4.69) is 17.4 Å². The fourth-order valence-electron chi connectivity index (χ4n) is 2.23. The van der Waals surface area contributed by atoms with Gasteiger partial charge in [-0.15, -0.1) is 0 Å². The van der Waals surface area contributed by atoms with Crippen molar-refractivity contribution in [2.24, 2.45) is 0 Å². The van der Waals surface area contributed by atoms with Crippen molar-refractivity contribution in [3.05, 3.63) is 34.9 Å². The second kappa shape index (κ2) is 5.97. The molecule has 3 nitrogen and oxygen atoms in total. The fourth-order valence-corrected chi connectivity index (χ4v) is 3.52. The second-order valence-electron chi connectivity index (χ2n) is 5.41. The van der Waals surface area contributed by atoms with Crippen LogP contribution in [-0.2, 0) is 11.2 Å². The number of aliphatic hydroxyl groups is 1. The summed E-state index contributed by atoms with van der Waals surface area (Å²) in [6.07, 6.45) is 1.15. The molecular formula is C15H21NO2S. The molecule has 0 radical (unpaired) electrons. The van der Waals surface area contributed by atoms with E-state index < -0.39 is 5.60 Å². The molecule has 1 aliphatic rings. The van der Waals surface area contributed by atoms with Crippen molar-refractivity contribution >= 4 is 17.7 Å². The summed E-state index contributed by atoms with van der Waals surface area (Å²) in [5.74, 6) is 1.68. The van der Waals surface area contributed by atoms with Gasteiger partial charge < -0.3 is 10.4 Å². The van der Waals surface area contributed by atoms with Crippen LogP contribution in [0.15, 0.2) is 18.2 Å². The molecule has 1 unspecified atom stereocenters. The van der Waals surface area contributed by atoms with Gasteiger partial charge in [0.25, 0.3) is 0 Å². The molecule has 0 aliphatic carbocycles. The first-order chi connectivity index (χ1) is 8.98. The monoisotopic (exact) mass is 279 g/mol. The van der Waals surface area contributed by atoms with Gasteiger partial charge in [-0.25, -0.2) is 0 Å². The quantitative estimate of drug-likeness (QED) is 0.884. The van der Waals surface area contributed by atoms with Crippen LogP contribution in [0, 0.1) is 13.8 Å². The van der Waals surface area contributed by atoms with Crippen molar-refractivity contribution in [1.82, 2.24) is 5.32 Å². The van der Waals surface area contributed by atoms with Crippen LogP contribution in [0.2, 0.25) is 0 Å². The van der Waals surface area contributed by atoms with Gasteiger partial charge in [-0.1, -0.05) is 23.8 Å². The van der Waals surface area contributed by atoms with Gasteiger partial charge in [0, 0.05) is 12.3 Å². The molecule has 1 aromatic carbocycles. The van der Waals surface area contributed by atoms with Crippen molar-refractivity contribution in [3.63, 3.8) is 0 Å². The van der Waals surface area contributed by atoms with E-state index >= 15 is 0 Å². The molecule has 2 rings (SSSR count). The minimum atomic E-state index is -0.706. The van der Waals surface area contributed by atoms with E-state index in [4.69, 9.17) is 0 Å². The van der Waals surface area contributed by atoms with Crippen molar-refractivity contribution < 1.29 is 9.90 Å². The molecule has 1 amide bonds. The third-order valence-electron chi connectivity index (χ3n) is 3.55. The zero-order valence-electron chi connectivity index (χ0n) is 11.5. The Morgan fingerprint density at radius 2 is 2.26 bits per heavy atom. The van der Waals surface area contributed by atoms with Crippen LogP contribution in [0.25, 0.3) is 0 Å². The second-order valence-corrected chi connectivity index (χ2v) is 6.52. The predicted molar refractivity (Wildman–Crippen MR) is 79.5 cm³/mol. The molecule has 104 valence electrons. The minimum Gasteiger partial charge on any atom is -0.387 e. The minimum absolute atomic E-state index is 0.0148. The van der Waals surface area contributed by atoms with Crippen LogP contribution >= 0.6 is 11.8 Å². The van der Waals surface area contributed by atoms with Crippen molar-refractivity contribution in [1.29, 1.82) is 0 Å². The Morgan fingerprint density at radius 3 is 2.95 bits per heavy atom. The van der Waals surface area contributed by atoms with Gasteiger partial charge in [-0.3, -0.25) is 4.79 Å². The zero-order chi connectivity index (χ0) is 13.9. The highest BCUT2D eigenvalue weighted by molar-refractivity contribution is 7.99. The molecule has 1 aliphatic heterocycles. The molecule has 4 heteroatoms. The van der Waals surface area contributed by atoms with E-state index in [-0.39, 0.29) is 5.91 Å². The van der Waals surface area contributed by atoms with E-state index in [9.17, 15) is 9.90 Å². The smallest absolute Gasteiger partial charge is 0.224 e. The van der Waals surface area contributed by atoms with E-state index in [0.29, 0.717) is 13.0 Å². The van der Waals surface area contributed by atoms with E-state index in [0.717, 1.165) is 29.1 Å². The molecule has 0 aromatic heterocycles. The summed E-state index contributed by atoms with van der Waals surface area (Å²) >= 11 is 1.74. The van der Waals surface area contributed by atoms with Crippen LogP contribution in [0.4, 0.5) is 0 Å². The first-order valence-electron chi connectivity index (χ1n) is 6.61. The summed E-state index contributed by atoms with van der Waals surface area (Å²) < 4.78 is 0. The van der Waals surface area contributed by atoms with Crippen molar-refractivity contribution in [3.8, 4) is 0 Å². The molecular weight excluding hydrogens is 258 g/mol. The fraction of sp³-hybridized carbons (Fsp3) is 0.533. The number of rotatable bonds is 4. The number of hydrogen-bond acceptors (Lipinski definition) is 3. The van der Waals surface area contributed by atoms with E-state index in [1.54, 1.807) is 11.8 Å². The third kappa shape index (κ3) is 3.98. The van der Waals surface area contributed by atoms with Gasteiger partial charge in [-0.2, -0.15) is 11.8 Å². The lowest BCUT2D eigenvalue weighted by Gasteiger charge is -2.21. The highest BCUT2D eigenvalue weighted by Gasteiger charge is 2.31. The summed E-state index contributed by atoms with van der Waals surface area (Å²) in [5.41, 5.74) is 2.66. The van der Waals surface area contributed by atoms with Gasteiger partial charge in [0.2, 0.25) is 5.91 Å². The Balaban J connectivity index is 1.89. The molecule has 19 heavy (non-hydrogen) atoms. The largest absolute Gasteiger partial charge is 0.387 e. The molecule has 0 spiro atoms. The lowest BCUT2D eigenvalue weighted by atomic mass is 10.0. The Hall–Kier alpha value is -1.00. The van der Waals surface area contributed by atoms with E-state index in [1.165, 1.54) is 5.56 Å². The van der Waals surface area contributed by atoms with Gasteiger partial charge in [-0.05, 0) is 37.1 Å². The SMILES string of the molecule is Cc1ccc(C)c(CC(=O)NCC2(O)CCSC2)c1. The Labute approximate surface area is 118 Å². The molecule has 0 bridgehead atoms. The maximum absolute atomic E-state index is 11.9. The maximum Gasteiger partial charge on any atom is 0.224 e. The molecule has 1 fully saturated rings. The first kappa shape index (κ1) is 14.4. The molecule has 2 N–H and O–H groups in total. The van der Waals surface area contributed by atoms with Crippen molar-refractivity contribution in [2.75, 3.05) is 18.1 Å². The Bertz CT molecular complexity index is 467. The van der Waals surface area contributed by atoms with Crippen LogP contribution in [0.3, 0.4) is 0 Å². The normalized spacial score (nSPS) is 22.5. The van der Waals surface area contributed by atoms with Gasteiger partial charge in [0.05, 0.1) is 12.0 Å². The number of benzene rings is 1. The third-order valence-corrected chi connectivity index (χ3v) is 4.79. The molecule has 1 aromatic rings. The summed E-state index contributed by atoms with van der Waals surface area (Å²) in [4.78, 5) is 11.9. The standard InChI is InChI=1S/C15H21NO2S/c1-11-3-4-12(2)13(7-11)8-14(17)16-9-15(18)5-6-19-10-15/h3-4,7,18H,5-6,8-10H2,1-2H3,(H,16,17). The highest BCUT2D eigenvalue weighted by Crippen LogP contribution is 2.26. The Kier molecular flexibility index (Phi) is 4.53. The maximum atomic E-state index is 11.9. The van der Waals surface area contributed by atoms with Crippen LogP contribution in [0.5, 0.6) is 0 Å². The van der Waals surface area contributed by atoms with Crippen molar-refractivity contribution in [2.45, 2.75) is 32.3 Å². The summed E-state index contributed by atoms with van der Waals surface area (Å²) in [7, 11) is 0. The number of nitrogens with one attached hydrogen (secondary N) is 1. The molecule has 0 saturated carbocycles. The first-order valence-corrected chi connectivity index (χ1v) is 7.77. The zero-order valence-corrected chi connectivity index (χ0v) is 12.3. The summed E-state index contributed by atoms with van der Waals surface area (Å²) in [5, 5.41) is 13.0. The topological polar surface area (TPSA) is 49.3 Å². The van der Waals surface area contributed by atoms with Crippen LogP contribution in [0.1, 0.15) is 23.1 Å². The van der Waals surface area contributed by atoms with Crippen LogP contribution in [-0.4, -0.2) is 34.7 Å².